The van der Waals surface area contributed by atoms with Crippen LogP contribution in [-0.2, 0) is 0 Å². The van der Waals surface area contributed by atoms with Crippen molar-refractivity contribution in [3.05, 3.63) is 0 Å². The van der Waals surface area contributed by atoms with E-state index in [2.05, 4.69) is 39.3 Å². The Hall–Kier alpha value is 1.85. The molecule has 0 nitrogen and oxygen atoms in total. The van der Waals surface area contributed by atoms with E-state index in [-0.39, 0.29) is 0 Å². The third-order valence-electron chi connectivity index (χ3n) is 2.26. The SMILES string of the molecule is C[Si](C)(C)C[CH]([Si](C)(C)C)[Ge]([Cl])([Cl])[Cl]. The summed E-state index contributed by atoms with van der Waals surface area (Å²) in [6.07, 6.45) is 0. The molecule has 0 amide bonds. The molecule has 14 heavy (non-hydrogen) atoms. The van der Waals surface area contributed by atoms with Gasteiger partial charge in [-0.05, 0) is 0 Å². The second-order valence-corrected chi connectivity index (χ2v) is 34.4. The average Bonchev–Trinajstić information content (AvgIpc) is 1.75. The topological polar surface area (TPSA) is 0 Å². The summed E-state index contributed by atoms with van der Waals surface area (Å²) in [5.74, 6) is 0. The predicted octanol–water partition coefficient (Wildman–Crippen LogP) is 5.23. The molecule has 0 spiro atoms. The first kappa shape index (κ1) is 15.8. The van der Waals surface area contributed by atoms with Gasteiger partial charge in [-0.2, -0.15) is 0 Å². The maximum absolute atomic E-state index is 6.27. The van der Waals surface area contributed by atoms with Crippen LogP contribution in [0, 0.1) is 0 Å². The first-order chi connectivity index (χ1) is 5.84. The van der Waals surface area contributed by atoms with Crippen molar-refractivity contribution in [3.63, 3.8) is 0 Å². The first-order valence-electron chi connectivity index (χ1n) is 4.91. The van der Waals surface area contributed by atoms with Crippen molar-refractivity contribution in [2.75, 3.05) is 0 Å². The molecule has 0 N–H and O–H groups in total. The zero-order valence-electron chi connectivity index (χ0n) is 9.92. The summed E-state index contributed by atoms with van der Waals surface area (Å²) in [4.78, 5) is 0. The van der Waals surface area contributed by atoms with Crippen LogP contribution in [0.25, 0.3) is 0 Å². The van der Waals surface area contributed by atoms with Gasteiger partial charge in [0.15, 0.2) is 0 Å². The predicted molar refractivity (Wildman–Crippen MR) is 78.6 cm³/mol. The third-order valence-corrected chi connectivity index (χ3v) is 24.2. The summed E-state index contributed by atoms with van der Waals surface area (Å²) in [6, 6.07) is 1.19. The van der Waals surface area contributed by atoms with Crippen LogP contribution in [0.5, 0.6) is 0 Å². The zero-order chi connectivity index (χ0) is 11.8. The molecule has 1 atom stereocenters. The summed E-state index contributed by atoms with van der Waals surface area (Å²) in [5.41, 5.74) is 0. The number of hydrogen-bond acceptors (Lipinski definition) is 0. The van der Waals surface area contributed by atoms with Crippen LogP contribution in [0.4, 0.5) is 0 Å². The van der Waals surface area contributed by atoms with E-state index in [0.29, 0.717) is 4.37 Å². The molecule has 0 heterocycles. The second-order valence-electron chi connectivity index (χ2n) is 6.23. The van der Waals surface area contributed by atoms with Gasteiger partial charge in [-0.3, -0.25) is 0 Å². The normalized spacial score (nSPS) is 16.9. The van der Waals surface area contributed by atoms with E-state index < -0.39 is 26.6 Å². The molecule has 6 heteroatoms. The Morgan fingerprint density at radius 3 is 1.36 bits per heavy atom. The van der Waals surface area contributed by atoms with Crippen molar-refractivity contribution < 1.29 is 0 Å². The monoisotopic (exact) mass is 352 g/mol. The molecule has 0 saturated heterocycles. The molecule has 0 bridgehead atoms. The summed E-state index contributed by atoms with van der Waals surface area (Å²) >= 11 is 0. The van der Waals surface area contributed by atoms with Crippen molar-refractivity contribution in [1.29, 1.82) is 0 Å². The van der Waals surface area contributed by atoms with Gasteiger partial charge < -0.3 is 0 Å². The summed E-state index contributed by atoms with van der Waals surface area (Å²) in [6.45, 7) is 14.1. The molecule has 86 valence electrons. The fourth-order valence-corrected chi connectivity index (χ4v) is 38.7. The fraction of sp³-hybridized carbons (Fsp3) is 1.00. The molecule has 0 aliphatic carbocycles. The quantitative estimate of drug-likeness (QED) is 0.608. The van der Waals surface area contributed by atoms with Crippen LogP contribution < -0.4 is 0 Å². The Bertz CT molecular complexity index is 176. The Morgan fingerprint density at radius 2 is 1.29 bits per heavy atom. The van der Waals surface area contributed by atoms with E-state index >= 15 is 0 Å². The van der Waals surface area contributed by atoms with Crippen molar-refractivity contribution >= 4 is 56.7 Å². The van der Waals surface area contributed by atoms with Gasteiger partial charge in [0.05, 0.1) is 0 Å². The van der Waals surface area contributed by atoms with Gasteiger partial charge in [0.25, 0.3) is 0 Å². The van der Waals surface area contributed by atoms with E-state index in [0.717, 1.165) is 0 Å². The Morgan fingerprint density at radius 1 is 0.929 bits per heavy atom. The van der Waals surface area contributed by atoms with Gasteiger partial charge in [-0.1, -0.05) is 0 Å². The molecule has 0 saturated carbocycles. The molecule has 0 aliphatic heterocycles. The van der Waals surface area contributed by atoms with Crippen LogP contribution in [0.1, 0.15) is 0 Å². The molecule has 0 fully saturated rings. The van der Waals surface area contributed by atoms with E-state index in [4.69, 9.17) is 30.0 Å². The summed E-state index contributed by atoms with van der Waals surface area (Å²) < 4.78 is 0.458. The zero-order valence-corrected chi connectivity index (χ0v) is 16.3. The van der Waals surface area contributed by atoms with Gasteiger partial charge in [0.2, 0.25) is 0 Å². The van der Waals surface area contributed by atoms with Crippen LogP contribution >= 0.6 is 30.0 Å². The van der Waals surface area contributed by atoms with Crippen LogP contribution in [0.15, 0.2) is 0 Å². The summed E-state index contributed by atoms with van der Waals surface area (Å²) in [5, 5.41) is 0. The minimum absolute atomic E-state index is 0.458. The average molecular weight is 352 g/mol. The minimum atomic E-state index is -3.02. The van der Waals surface area contributed by atoms with Crippen molar-refractivity contribution in [3.8, 4) is 0 Å². The van der Waals surface area contributed by atoms with Crippen molar-refractivity contribution in [2.45, 2.75) is 49.7 Å². The van der Waals surface area contributed by atoms with E-state index in [1.807, 2.05) is 0 Å². The molecule has 0 aliphatic rings. The van der Waals surface area contributed by atoms with Gasteiger partial charge in [-0.25, -0.2) is 0 Å². The van der Waals surface area contributed by atoms with Gasteiger partial charge in [-0.15, -0.1) is 0 Å². The van der Waals surface area contributed by atoms with Crippen molar-refractivity contribution in [1.82, 2.24) is 0 Å². The number of halogens is 3. The Labute approximate surface area is 106 Å². The van der Waals surface area contributed by atoms with Crippen molar-refractivity contribution in [2.24, 2.45) is 0 Å². The van der Waals surface area contributed by atoms with Crippen LogP contribution in [0.3, 0.4) is 0 Å². The van der Waals surface area contributed by atoms with Gasteiger partial charge >= 0.3 is 106 Å². The van der Waals surface area contributed by atoms with Crippen LogP contribution in [-0.4, -0.2) is 26.6 Å². The second kappa shape index (κ2) is 5.01. The molecule has 0 radical (unpaired) electrons. The van der Waals surface area contributed by atoms with E-state index in [1.54, 1.807) is 0 Å². The third kappa shape index (κ3) is 6.43. The number of hydrogen-bond donors (Lipinski definition) is 0. The molecule has 0 aromatic carbocycles. The summed E-state index contributed by atoms with van der Waals surface area (Å²) in [7, 11) is 13.4. The standard InChI is InChI=1S/C8H21Cl3GeSi2/c1-13(2,3)7-8(12(9,10)11)14(4,5)6/h8H,7H2,1-6H3. The molecule has 0 rings (SSSR count). The van der Waals surface area contributed by atoms with Gasteiger partial charge in [0.1, 0.15) is 0 Å². The fourth-order valence-electron chi connectivity index (χ4n) is 1.53. The molecule has 0 aromatic heterocycles. The molecule has 0 aromatic rings. The maximum atomic E-state index is 6.27. The molecular formula is C8H21Cl3GeSi2. The first-order valence-corrected chi connectivity index (χ1v) is 21.7. The number of rotatable bonds is 4. The molecular weight excluding hydrogens is 331 g/mol. The molecule has 1 unspecified atom stereocenters. The van der Waals surface area contributed by atoms with Gasteiger partial charge in [0, 0.05) is 0 Å². The van der Waals surface area contributed by atoms with E-state index in [1.165, 1.54) is 6.04 Å². The van der Waals surface area contributed by atoms with E-state index in [9.17, 15) is 0 Å². The Balaban J connectivity index is 4.78. The Kier molecular flexibility index (Phi) is 5.67. The van der Waals surface area contributed by atoms with Crippen LogP contribution in [0.2, 0.25) is 49.7 Å².